The molecule has 8 heteroatoms. The average molecular weight is 455 g/mol. The van der Waals surface area contributed by atoms with Gasteiger partial charge in [-0.2, -0.15) is 0 Å². The van der Waals surface area contributed by atoms with Crippen LogP contribution in [0.4, 0.5) is 11.4 Å². The highest BCUT2D eigenvalue weighted by atomic mass is 32.2. The molecular formula is C24H26N2O5S. The molecule has 0 saturated carbocycles. The number of methoxy groups -OCH3 is 2. The summed E-state index contributed by atoms with van der Waals surface area (Å²) in [6.45, 7) is 3.28. The van der Waals surface area contributed by atoms with Gasteiger partial charge < -0.3 is 14.8 Å². The van der Waals surface area contributed by atoms with Gasteiger partial charge in [0.15, 0.2) is 0 Å². The van der Waals surface area contributed by atoms with Crippen LogP contribution in [0.15, 0.2) is 71.6 Å². The Bertz CT molecular complexity index is 1210. The number of hydrogen-bond acceptors (Lipinski definition) is 5. The molecule has 0 aliphatic carbocycles. The minimum Gasteiger partial charge on any atom is -0.495 e. The van der Waals surface area contributed by atoms with Gasteiger partial charge in [-0.3, -0.25) is 9.10 Å². The minimum absolute atomic E-state index is 0.0736. The number of benzene rings is 3. The van der Waals surface area contributed by atoms with E-state index in [-0.39, 0.29) is 10.6 Å². The summed E-state index contributed by atoms with van der Waals surface area (Å²) in [7, 11) is -1.09. The third-order valence-electron chi connectivity index (χ3n) is 4.85. The van der Waals surface area contributed by atoms with E-state index in [9.17, 15) is 13.2 Å². The van der Waals surface area contributed by atoms with Crippen LogP contribution in [0.25, 0.3) is 0 Å². The monoisotopic (exact) mass is 454 g/mol. The van der Waals surface area contributed by atoms with Crippen molar-refractivity contribution in [2.24, 2.45) is 0 Å². The zero-order chi connectivity index (χ0) is 23.3. The largest absolute Gasteiger partial charge is 0.495 e. The molecule has 0 heterocycles. The second-order valence-electron chi connectivity index (χ2n) is 7.25. The molecule has 0 saturated heterocycles. The van der Waals surface area contributed by atoms with E-state index in [1.54, 1.807) is 42.5 Å². The summed E-state index contributed by atoms with van der Waals surface area (Å²) in [5.41, 5.74) is 2.50. The Hall–Kier alpha value is -3.52. The van der Waals surface area contributed by atoms with Crippen molar-refractivity contribution in [3.05, 3.63) is 77.9 Å². The molecule has 3 aromatic carbocycles. The summed E-state index contributed by atoms with van der Waals surface area (Å²) in [4.78, 5) is 13.1. The predicted molar refractivity (Wildman–Crippen MR) is 125 cm³/mol. The zero-order valence-corrected chi connectivity index (χ0v) is 19.3. The lowest BCUT2D eigenvalue weighted by atomic mass is 10.2. The van der Waals surface area contributed by atoms with Crippen molar-refractivity contribution in [3.63, 3.8) is 0 Å². The fourth-order valence-corrected chi connectivity index (χ4v) is 4.70. The third kappa shape index (κ3) is 5.03. The van der Waals surface area contributed by atoms with Crippen LogP contribution in [0.1, 0.15) is 11.1 Å². The number of carbonyl (C=O) groups excluding carboxylic acids is 1. The predicted octanol–water partition coefficient (Wildman–Crippen LogP) is 4.15. The van der Waals surface area contributed by atoms with E-state index in [4.69, 9.17) is 9.47 Å². The molecule has 0 aromatic heterocycles. The van der Waals surface area contributed by atoms with E-state index in [2.05, 4.69) is 5.32 Å². The highest BCUT2D eigenvalue weighted by Crippen LogP contribution is 2.33. The van der Waals surface area contributed by atoms with Crippen molar-refractivity contribution in [3.8, 4) is 11.5 Å². The third-order valence-corrected chi connectivity index (χ3v) is 6.62. The summed E-state index contributed by atoms with van der Waals surface area (Å²) in [5.74, 6) is 0.308. The maximum atomic E-state index is 13.5. The molecule has 168 valence electrons. The van der Waals surface area contributed by atoms with Gasteiger partial charge in [-0.25, -0.2) is 8.42 Å². The number of carbonyl (C=O) groups is 1. The molecule has 0 radical (unpaired) electrons. The van der Waals surface area contributed by atoms with Crippen LogP contribution in [0.2, 0.25) is 0 Å². The summed E-state index contributed by atoms with van der Waals surface area (Å²) in [6, 6.07) is 18.5. The first-order valence-corrected chi connectivity index (χ1v) is 11.4. The Kier molecular flexibility index (Phi) is 7.05. The van der Waals surface area contributed by atoms with Crippen molar-refractivity contribution in [2.45, 2.75) is 18.7 Å². The highest BCUT2D eigenvalue weighted by Gasteiger charge is 2.29. The first-order chi connectivity index (χ1) is 15.3. The molecule has 3 rings (SSSR count). The maximum absolute atomic E-state index is 13.5. The Labute approximate surface area is 188 Å². The molecule has 7 nitrogen and oxygen atoms in total. The average Bonchev–Trinajstić information content (AvgIpc) is 2.78. The number of sulfonamides is 1. The van der Waals surface area contributed by atoms with Crippen molar-refractivity contribution >= 4 is 27.3 Å². The molecule has 0 spiro atoms. The zero-order valence-electron chi connectivity index (χ0n) is 18.5. The lowest BCUT2D eigenvalue weighted by Gasteiger charge is -2.26. The summed E-state index contributed by atoms with van der Waals surface area (Å²) >= 11 is 0. The van der Waals surface area contributed by atoms with Crippen LogP contribution in [0.3, 0.4) is 0 Å². The van der Waals surface area contributed by atoms with Crippen molar-refractivity contribution < 1.29 is 22.7 Å². The van der Waals surface area contributed by atoms with E-state index in [1.165, 1.54) is 26.4 Å². The van der Waals surface area contributed by atoms with Gasteiger partial charge in [0.1, 0.15) is 18.0 Å². The highest BCUT2D eigenvalue weighted by molar-refractivity contribution is 7.92. The summed E-state index contributed by atoms with van der Waals surface area (Å²) < 4.78 is 38.9. The van der Waals surface area contributed by atoms with Gasteiger partial charge in [0.25, 0.3) is 10.0 Å². The quantitative estimate of drug-likeness (QED) is 0.553. The van der Waals surface area contributed by atoms with Crippen LogP contribution < -0.4 is 19.1 Å². The molecule has 32 heavy (non-hydrogen) atoms. The van der Waals surface area contributed by atoms with Crippen LogP contribution in [-0.4, -0.2) is 35.1 Å². The molecule has 1 N–H and O–H groups in total. The van der Waals surface area contributed by atoms with Crippen molar-refractivity contribution in [1.29, 1.82) is 0 Å². The Morgan fingerprint density at radius 1 is 0.875 bits per heavy atom. The SMILES string of the molecule is COc1ccc(C)cc1NC(=O)CN(c1cc(C)ccc1OC)S(=O)(=O)c1ccccc1. The van der Waals surface area contributed by atoms with Crippen LogP contribution in [-0.2, 0) is 14.8 Å². The van der Waals surface area contributed by atoms with Crippen molar-refractivity contribution in [2.75, 3.05) is 30.4 Å². The number of amides is 1. The van der Waals surface area contributed by atoms with E-state index >= 15 is 0 Å². The molecule has 0 aliphatic heterocycles. The second-order valence-corrected chi connectivity index (χ2v) is 9.11. The molecule has 1 amide bonds. The van der Waals surface area contributed by atoms with Gasteiger partial charge in [0.05, 0.1) is 30.5 Å². The molecule has 0 unspecified atom stereocenters. The van der Waals surface area contributed by atoms with Crippen LogP contribution >= 0.6 is 0 Å². The number of nitrogens with one attached hydrogen (secondary N) is 1. The Balaban J connectivity index is 2.03. The van der Waals surface area contributed by atoms with E-state index in [0.717, 1.165) is 15.4 Å². The first kappa shape index (κ1) is 23.1. The number of hydrogen-bond donors (Lipinski definition) is 1. The molecule has 3 aromatic rings. The van der Waals surface area contributed by atoms with E-state index < -0.39 is 22.5 Å². The molecule has 0 atom stereocenters. The van der Waals surface area contributed by atoms with Gasteiger partial charge in [0.2, 0.25) is 5.91 Å². The molecule has 0 fully saturated rings. The van der Waals surface area contributed by atoms with E-state index in [0.29, 0.717) is 17.2 Å². The van der Waals surface area contributed by atoms with Crippen LogP contribution in [0.5, 0.6) is 11.5 Å². The molecule has 0 aliphatic rings. The first-order valence-electron chi connectivity index (χ1n) is 9.93. The normalized spacial score (nSPS) is 11.0. The van der Waals surface area contributed by atoms with Gasteiger partial charge in [-0.1, -0.05) is 30.3 Å². The van der Waals surface area contributed by atoms with Gasteiger partial charge in [-0.05, 0) is 61.4 Å². The van der Waals surface area contributed by atoms with Gasteiger partial charge >= 0.3 is 0 Å². The van der Waals surface area contributed by atoms with Gasteiger partial charge in [0, 0.05) is 0 Å². The Morgan fingerprint density at radius 2 is 1.47 bits per heavy atom. The molecule has 0 bridgehead atoms. The fraction of sp³-hybridized carbons (Fsp3) is 0.208. The van der Waals surface area contributed by atoms with Gasteiger partial charge in [-0.15, -0.1) is 0 Å². The smallest absolute Gasteiger partial charge is 0.264 e. The number of rotatable bonds is 8. The lowest BCUT2D eigenvalue weighted by Crippen LogP contribution is -2.38. The molecular weight excluding hydrogens is 428 g/mol. The van der Waals surface area contributed by atoms with Crippen LogP contribution in [0, 0.1) is 13.8 Å². The fourth-order valence-electron chi connectivity index (χ4n) is 3.25. The number of ether oxygens (including phenoxy) is 2. The number of anilines is 2. The lowest BCUT2D eigenvalue weighted by molar-refractivity contribution is -0.114. The minimum atomic E-state index is -4.05. The maximum Gasteiger partial charge on any atom is 0.264 e. The Morgan fingerprint density at radius 3 is 2.09 bits per heavy atom. The summed E-state index contributed by atoms with van der Waals surface area (Å²) in [6.07, 6.45) is 0. The number of nitrogens with zero attached hydrogens (tertiary/aromatic N) is 1. The standard InChI is InChI=1S/C24H26N2O5S/c1-17-10-12-22(30-3)20(14-17)25-24(27)16-26(21-15-18(2)11-13-23(21)31-4)32(28,29)19-8-6-5-7-9-19/h5-15H,16H2,1-4H3,(H,25,27). The van der Waals surface area contributed by atoms with Crippen molar-refractivity contribution in [1.82, 2.24) is 0 Å². The topological polar surface area (TPSA) is 84.9 Å². The van der Waals surface area contributed by atoms with E-state index in [1.807, 2.05) is 26.0 Å². The second kappa shape index (κ2) is 9.74. The summed E-state index contributed by atoms with van der Waals surface area (Å²) in [5, 5.41) is 2.77. The number of aryl methyl sites for hydroxylation is 2.